The van der Waals surface area contributed by atoms with Crippen LogP contribution in [0.25, 0.3) is 0 Å². The smallest absolute Gasteiger partial charge is 0.0285 e. The summed E-state index contributed by atoms with van der Waals surface area (Å²) in [6.07, 6.45) is 2.42. The molecule has 1 aromatic carbocycles. The van der Waals surface area contributed by atoms with E-state index in [0.717, 1.165) is 5.33 Å². The molecule has 0 bridgehead atoms. The Morgan fingerprint density at radius 1 is 1.33 bits per heavy atom. The molecule has 0 heterocycles. The van der Waals surface area contributed by atoms with Crippen molar-refractivity contribution < 1.29 is 0 Å². The molecule has 0 nitrogen and oxygen atoms in total. The second-order valence-corrected chi connectivity index (χ2v) is 3.71. The van der Waals surface area contributed by atoms with Gasteiger partial charge in [0, 0.05) is 5.33 Å². The van der Waals surface area contributed by atoms with Crippen LogP contribution >= 0.6 is 15.9 Å². The van der Waals surface area contributed by atoms with Gasteiger partial charge in [-0.2, -0.15) is 0 Å². The Kier molecular flexibility index (Phi) is 3.80. The predicted molar refractivity (Wildman–Crippen MR) is 57.8 cm³/mol. The molecule has 12 heavy (non-hydrogen) atoms. The van der Waals surface area contributed by atoms with Gasteiger partial charge in [0.05, 0.1) is 0 Å². The van der Waals surface area contributed by atoms with E-state index in [4.69, 9.17) is 0 Å². The fraction of sp³-hybridized carbons (Fsp3) is 0.455. The van der Waals surface area contributed by atoms with Gasteiger partial charge in [0.2, 0.25) is 0 Å². The van der Waals surface area contributed by atoms with E-state index in [-0.39, 0.29) is 0 Å². The SMILES string of the molecule is CCCc1ccc(C)c(CBr)c1. The zero-order chi connectivity index (χ0) is 8.97. The Morgan fingerprint density at radius 3 is 2.67 bits per heavy atom. The second-order valence-electron chi connectivity index (χ2n) is 3.14. The number of rotatable bonds is 3. The summed E-state index contributed by atoms with van der Waals surface area (Å²) in [4.78, 5) is 0. The van der Waals surface area contributed by atoms with Gasteiger partial charge in [-0.25, -0.2) is 0 Å². The van der Waals surface area contributed by atoms with Gasteiger partial charge < -0.3 is 0 Å². The molecule has 0 amide bonds. The van der Waals surface area contributed by atoms with E-state index < -0.39 is 0 Å². The highest BCUT2D eigenvalue weighted by Gasteiger charge is 1.97. The Balaban J connectivity index is 2.89. The third-order valence-corrected chi connectivity index (χ3v) is 2.70. The van der Waals surface area contributed by atoms with E-state index in [1.807, 2.05) is 0 Å². The van der Waals surface area contributed by atoms with Crippen LogP contribution in [0.5, 0.6) is 0 Å². The zero-order valence-electron chi connectivity index (χ0n) is 7.73. The van der Waals surface area contributed by atoms with Crippen molar-refractivity contribution >= 4 is 15.9 Å². The minimum atomic E-state index is 0.969. The maximum atomic E-state index is 3.49. The number of benzene rings is 1. The molecule has 1 heteroatoms. The summed E-state index contributed by atoms with van der Waals surface area (Å²) in [7, 11) is 0. The summed E-state index contributed by atoms with van der Waals surface area (Å²) in [6.45, 7) is 4.37. The molecule has 0 aliphatic rings. The number of hydrogen-bond acceptors (Lipinski definition) is 0. The third kappa shape index (κ3) is 2.34. The largest absolute Gasteiger partial charge is 0.0876 e. The minimum Gasteiger partial charge on any atom is -0.0876 e. The fourth-order valence-electron chi connectivity index (χ4n) is 1.31. The van der Waals surface area contributed by atoms with Crippen LogP contribution in [0.1, 0.15) is 30.0 Å². The number of alkyl halides is 1. The van der Waals surface area contributed by atoms with Gasteiger partial charge in [-0.15, -0.1) is 0 Å². The van der Waals surface area contributed by atoms with E-state index in [1.54, 1.807) is 0 Å². The highest BCUT2D eigenvalue weighted by Crippen LogP contribution is 2.15. The van der Waals surface area contributed by atoms with Crippen LogP contribution in [0.3, 0.4) is 0 Å². The molecule has 0 N–H and O–H groups in total. The van der Waals surface area contributed by atoms with Crippen LogP contribution in [0.4, 0.5) is 0 Å². The monoisotopic (exact) mass is 226 g/mol. The van der Waals surface area contributed by atoms with Crippen LogP contribution in [0.2, 0.25) is 0 Å². The summed E-state index contributed by atoms with van der Waals surface area (Å²) in [5.41, 5.74) is 4.25. The van der Waals surface area contributed by atoms with Gasteiger partial charge in [0.25, 0.3) is 0 Å². The van der Waals surface area contributed by atoms with Crippen molar-refractivity contribution in [1.29, 1.82) is 0 Å². The summed E-state index contributed by atoms with van der Waals surface area (Å²) < 4.78 is 0. The standard InChI is InChI=1S/C11H15Br/c1-3-4-10-6-5-9(2)11(7-10)8-12/h5-7H,3-4,8H2,1-2H3. The quantitative estimate of drug-likeness (QED) is 0.688. The topological polar surface area (TPSA) is 0 Å². The molecule has 0 aromatic heterocycles. The molecular formula is C11H15Br. The lowest BCUT2D eigenvalue weighted by Gasteiger charge is -2.04. The molecule has 0 aliphatic carbocycles. The Bertz CT molecular complexity index is 253. The average molecular weight is 227 g/mol. The maximum Gasteiger partial charge on any atom is 0.0285 e. The lowest BCUT2D eigenvalue weighted by Crippen LogP contribution is -1.89. The van der Waals surface area contributed by atoms with Gasteiger partial charge in [-0.05, 0) is 30.0 Å². The minimum absolute atomic E-state index is 0.969. The van der Waals surface area contributed by atoms with E-state index in [2.05, 4.69) is 48.0 Å². The second kappa shape index (κ2) is 4.66. The molecule has 1 aromatic rings. The van der Waals surface area contributed by atoms with Crippen LogP contribution in [-0.4, -0.2) is 0 Å². The third-order valence-electron chi connectivity index (χ3n) is 2.10. The Morgan fingerprint density at radius 2 is 2.08 bits per heavy atom. The lowest BCUT2D eigenvalue weighted by molar-refractivity contribution is 0.919. The molecule has 0 saturated heterocycles. The first-order chi connectivity index (χ1) is 5.77. The first kappa shape index (κ1) is 9.79. The summed E-state index contributed by atoms with van der Waals surface area (Å²) >= 11 is 3.49. The average Bonchev–Trinajstić information content (AvgIpc) is 2.09. The summed E-state index contributed by atoms with van der Waals surface area (Å²) in [5.74, 6) is 0. The number of aryl methyl sites for hydroxylation is 2. The van der Waals surface area contributed by atoms with Crippen LogP contribution < -0.4 is 0 Å². The van der Waals surface area contributed by atoms with Crippen molar-refractivity contribution in [3.8, 4) is 0 Å². The molecular weight excluding hydrogens is 212 g/mol. The molecule has 1 rings (SSSR count). The van der Waals surface area contributed by atoms with E-state index in [1.165, 1.54) is 29.5 Å². The maximum absolute atomic E-state index is 3.49. The van der Waals surface area contributed by atoms with Crippen molar-refractivity contribution in [2.24, 2.45) is 0 Å². The van der Waals surface area contributed by atoms with Crippen molar-refractivity contribution in [2.45, 2.75) is 32.0 Å². The van der Waals surface area contributed by atoms with Crippen molar-refractivity contribution in [3.63, 3.8) is 0 Å². The first-order valence-corrected chi connectivity index (χ1v) is 5.54. The van der Waals surface area contributed by atoms with Crippen molar-refractivity contribution in [3.05, 3.63) is 34.9 Å². The fourth-order valence-corrected chi connectivity index (χ4v) is 1.92. The molecule has 0 fully saturated rings. The molecule has 0 spiro atoms. The molecule has 0 unspecified atom stereocenters. The molecule has 0 saturated carbocycles. The van der Waals surface area contributed by atoms with Gasteiger partial charge >= 0.3 is 0 Å². The zero-order valence-corrected chi connectivity index (χ0v) is 9.32. The van der Waals surface area contributed by atoms with Gasteiger partial charge in [0.1, 0.15) is 0 Å². The summed E-state index contributed by atoms with van der Waals surface area (Å²) in [6, 6.07) is 6.74. The first-order valence-electron chi connectivity index (χ1n) is 4.42. The van der Waals surface area contributed by atoms with Gasteiger partial charge in [-0.3, -0.25) is 0 Å². The van der Waals surface area contributed by atoms with E-state index in [0.29, 0.717) is 0 Å². The van der Waals surface area contributed by atoms with Gasteiger partial charge in [-0.1, -0.05) is 47.5 Å². The lowest BCUT2D eigenvalue weighted by atomic mass is 10.0. The van der Waals surface area contributed by atoms with E-state index >= 15 is 0 Å². The van der Waals surface area contributed by atoms with Crippen molar-refractivity contribution in [1.82, 2.24) is 0 Å². The summed E-state index contributed by atoms with van der Waals surface area (Å²) in [5, 5.41) is 0.969. The van der Waals surface area contributed by atoms with Crippen molar-refractivity contribution in [2.75, 3.05) is 0 Å². The highest BCUT2D eigenvalue weighted by atomic mass is 79.9. The molecule has 0 aliphatic heterocycles. The van der Waals surface area contributed by atoms with Crippen LogP contribution in [0, 0.1) is 6.92 Å². The molecule has 0 radical (unpaired) electrons. The number of halogens is 1. The number of hydrogen-bond donors (Lipinski definition) is 0. The molecule has 0 atom stereocenters. The van der Waals surface area contributed by atoms with Gasteiger partial charge in [0.15, 0.2) is 0 Å². The highest BCUT2D eigenvalue weighted by molar-refractivity contribution is 9.08. The van der Waals surface area contributed by atoms with Crippen LogP contribution in [-0.2, 0) is 11.8 Å². The van der Waals surface area contributed by atoms with Crippen LogP contribution in [0.15, 0.2) is 18.2 Å². The molecule has 66 valence electrons. The predicted octanol–water partition coefficient (Wildman–Crippen LogP) is 3.84. The van der Waals surface area contributed by atoms with E-state index in [9.17, 15) is 0 Å². The normalized spacial score (nSPS) is 10.2. The Hall–Kier alpha value is -0.300. The Labute approximate surface area is 83.1 Å².